The van der Waals surface area contributed by atoms with E-state index in [-0.39, 0.29) is 0 Å². The molecule has 1 fully saturated rings. The second kappa shape index (κ2) is 4.57. The van der Waals surface area contributed by atoms with Gasteiger partial charge in [-0.25, -0.2) is 0 Å². The van der Waals surface area contributed by atoms with Crippen molar-refractivity contribution in [2.24, 2.45) is 11.7 Å². The number of H-pyrrole nitrogens is 1. The Morgan fingerprint density at radius 2 is 2.50 bits per heavy atom. The van der Waals surface area contributed by atoms with E-state index in [0.29, 0.717) is 12.0 Å². The molecule has 2 unspecified atom stereocenters. The molecule has 0 amide bonds. The van der Waals surface area contributed by atoms with E-state index in [4.69, 9.17) is 5.73 Å². The summed E-state index contributed by atoms with van der Waals surface area (Å²) in [7, 11) is 0. The molecule has 1 aliphatic rings. The highest BCUT2D eigenvalue weighted by molar-refractivity contribution is 5.02. The van der Waals surface area contributed by atoms with Crippen molar-refractivity contribution < 1.29 is 0 Å². The molecule has 0 spiro atoms. The van der Waals surface area contributed by atoms with Crippen molar-refractivity contribution in [3.05, 3.63) is 18.0 Å². The number of nitrogens with two attached hydrogens (primary N) is 1. The Bertz CT molecular complexity index is 257. The summed E-state index contributed by atoms with van der Waals surface area (Å²) in [6.45, 7) is 1.71. The number of aromatic nitrogens is 2. The number of nitrogens with one attached hydrogen (secondary N) is 2. The molecule has 78 valence electrons. The lowest BCUT2D eigenvalue weighted by Gasteiger charge is -2.18. The van der Waals surface area contributed by atoms with Gasteiger partial charge in [-0.15, -0.1) is 0 Å². The summed E-state index contributed by atoms with van der Waals surface area (Å²) in [4.78, 5) is 0. The van der Waals surface area contributed by atoms with Crippen LogP contribution < -0.4 is 11.1 Å². The summed E-state index contributed by atoms with van der Waals surface area (Å²) in [5.41, 5.74) is 6.93. The first-order chi connectivity index (χ1) is 6.90. The topological polar surface area (TPSA) is 66.7 Å². The zero-order chi connectivity index (χ0) is 9.80. The van der Waals surface area contributed by atoms with Crippen LogP contribution >= 0.6 is 0 Å². The van der Waals surface area contributed by atoms with Crippen LogP contribution in [-0.4, -0.2) is 22.8 Å². The highest BCUT2D eigenvalue weighted by atomic mass is 15.1. The van der Waals surface area contributed by atoms with Crippen molar-refractivity contribution in [3.63, 3.8) is 0 Å². The molecule has 1 aromatic rings. The van der Waals surface area contributed by atoms with Gasteiger partial charge in [-0.05, 0) is 25.3 Å². The predicted octanol–water partition coefficient (Wildman–Crippen LogP) is 0.627. The van der Waals surface area contributed by atoms with Crippen molar-refractivity contribution in [2.45, 2.75) is 31.8 Å². The van der Waals surface area contributed by atoms with Crippen LogP contribution in [0.25, 0.3) is 0 Å². The van der Waals surface area contributed by atoms with Crippen molar-refractivity contribution in [3.8, 4) is 0 Å². The minimum absolute atomic E-state index is 0.606. The average Bonchev–Trinajstić information content (AvgIpc) is 2.85. The monoisotopic (exact) mass is 194 g/mol. The largest absolute Gasteiger partial charge is 0.330 e. The molecule has 0 aliphatic heterocycles. The smallest absolute Gasteiger partial charge is 0.0532 e. The normalized spacial score (nSPS) is 26.9. The molecule has 2 atom stereocenters. The van der Waals surface area contributed by atoms with Gasteiger partial charge in [0, 0.05) is 24.3 Å². The van der Waals surface area contributed by atoms with Gasteiger partial charge in [0.15, 0.2) is 0 Å². The van der Waals surface area contributed by atoms with E-state index in [1.165, 1.54) is 24.8 Å². The maximum atomic E-state index is 5.71. The molecule has 1 aromatic heterocycles. The fourth-order valence-corrected chi connectivity index (χ4v) is 2.21. The minimum Gasteiger partial charge on any atom is -0.330 e. The maximum Gasteiger partial charge on any atom is 0.0532 e. The zero-order valence-electron chi connectivity index (χ0n) is 8.37. The van der Waals surface area contributed by atoms with Crippen LogP contribution in [0, 0.1) is 5.92 Å². The van der Waals surface area contributed by atoms with Gasteiger partial charge in [0.25, 0.3) is 0 Å². The van der Waals surface area contributed by atoms with Crippen LogP contribution in [0.4, 0.5) is 0 Å². The van der Waals surface area contributed by atoms with Crippen LogP contribution in [-0.2, 0) is 6.54 Å². The number of nitrogens with zero attached hydrogens (tertiary/aromatic N) is 1. The van der Waals surface area contributed by atoms with Gasteiger partial charge < -0.3 is 11.1 Å². The van der Waals surface area contributed by atoms with E-state index < -0.39 is 0 Å². The van der Waals surface area contributed by atoms with E-state index in [1.54, 1.807) is 0 Å². The lowest BCUT2D eigenvalue weighted by atomic mass is 10.0. The van der Waals surface area contributed by atoms with Crippen molar-refractivity contribution >= 4 is 0 Å². The lowest BCUT2D eigenvalue weighted by Crippen LogP contribution is -2.35. The van der Waals surface area contributed by atoms with Crippen molar-refractivity contribution in [2.75, 3.05) is 6.54 Å². The number of hydrogen-bond acceptors (Lipinski definition) is 3. The first kappa shape index (κ1) is 9.68. The summed E-state index contributed by atoms with van der Waals surface area (Å²) in [5, 5.41) is 10.3. The maximum absolute atomic E-state index is 5.71. The third-order valence-electron chi connectivity index (χ3n) is 3.09. The Kier molecular flexibility index (Phi) is 3.16. The summed E-state index contributed by atoms with van der Waals surface area (Å²) < 4.78 is 0. The van der Waals surface area contributed by atoms with Crippen molar-refractivity contribution in [1.29, 1.82) is 0 Å². The summed E-state index contributed by atoms with van der Waals surface area (Å²) >= 11 is 0. The van der Waals surface area contributed by atoms with E-state index in [9.17, 15) is 0 Å². The average molecular weight is 194 g/mol. The van der Waals surface area contributed by atoms with Crippen LogP contribution in [0.3, 0.4) is 0 Å². The Morgan fingerprint density at radius 1 is 1.57 bits per heavy atom. The molecule has 1 aliphatic carbocycles. The summed E-state index contributed by atoms with van der Waals surface area (Å²) in [6.07, 6.45) is 7.64. The number of rotatable bonds is 4. The molecule has 14 heavy (non-hydrogen) atoms. The van der Waals surface area contributed by atoms with Crippen LogP contribution in [0.5, 0.6) is 0 Å². The van der Waals surface area contributed by atoms with Crippen LogP contribution in [0.1, 0.15) is 24.8 Å². The molecule has 2 rings (SSSR count). The zero-order valence-corrected chi connectivity index (χ0v) is 8.37. The first-order valence-corrected chi connectivity index (χ1v) is 5.31. The van der Waals surface area contributed by atoms with Gasteiger partial charge in [0.05, 0.1) is 6.20 Å². The SMILES string of the molecule is NCC1CCCC1NCc1cn[nH]c1. The number of aromatic amines is 1. The van der Waals surface area contributed by atoms with Gasteiger partial charge in [-0.2, -0.15) is 5.10 Å². The second-order valence-corrected chi connectivity index (χ2v) is 4.02. The Labute approximate surface area is 84.3 Å². The highest BCUT2D eigenvalue weighted by Crippen LogP contribution is 2.24. The summed E-state index contributed by atoms with van der Waals surface area (Å²) in [5.74, 6) is 0.668. The molecule has 0 saturated heterocycles. The molecule has 4 heteroatoms. The van der Waals surface area contributed by atoms with E-state index in [0.717, 1.165) is 13.1 Å². The van der Waals surface area contributed by atoms with Gasteiger partial charge in [-0.3, -0.25) is 5.10 Å². The molecular formula is C10H18N4. The van der Waals surface area contributed by atoms with E-state index in [1.807, 2.05) is 12.4 Å². The Balaban J connectivity index is 1.80. The Hall–Kier alpha value is -0.870. The third kappa shape index (κ3) is 2.13. The fourth-order valence-electron chi connectivity index (χ4n) is 2.21. The van der Waals surface area contributed by atoms with Crippen LogP contribution in [0.2, 0.25) is 0 Å². The van der Waals surface area contributed by atoms with Gasteiger partial charge in [0.2, 0.25) is 0 Å². The lowest BCUT2D eigenvalue weighted by molar-refractivity contribution is 0.406. The van der Waals surface area contributed by atoms with Gasteiger partial charge in [-0.1, -0.05) is 6.42 Å². The molecule has 1 saturated carbocycles. The van der Waals surface area contributed by atoms with E-state index >= 15 is 0 Å². The van der Waals surface area contributed by atoms with Crippen molar-refractivity contribution in [1.82, 2.24) is 15.5 Å². The molecule has 1 heterocycles. The Morgan fingerprint density at radius 3 is 3.21 bits per heavy atom. The molecule has 0 bridgehead atoms. The fraction of sp³-hybridized carbons (Fsp3) is 0.700. The third-order valence-corrected chi connectivity index (χ3v) is 3.09. The molecule has 4 N–H and O–H groups in total. The molecule has 0 radical (unpaired) electrons. The first-order valence-electron chi connectivity index (χ1n) is 5.31. The quantitative estimate of drug-likeness (QED) is 0.658. The summed E-state index contributed by atoms with van der Waals surface area (Å²) in [6, 6.07) is 0.606. The molecular weight excluding hydrogens is 176 g/mol. The van der Waals surface area contributed by atoms with E-state index in [2.05, 4.69) is 15.5 Å². The predicted molar refractivity (Wildman–Crippen MR) is 55.6 cm³/mol. The highest BCUT2D eigenvalue weighted by Gasteiger charge is 2.25. The minimum atomic E-state index is 0.606. The number of hydrogen-bond donors (Lipinski definition) is 3. The standard InChI is InChI=1S/C10H18N4/c11-4-9-2-1-3-10(9)12-5-8-6-13-14-7-8/h6-7,9-10,12H,1-5,11H2,(H,13,14). The molecule has 4 nitrogen and oxygen atoms in total. The molecule has 0 aromatic carbocycles. The van der Waals surface area contributed by atoms with Gasteiger partial charge >= 0.3 is 0 Å². The van der Waals surface area contributed by atoms with Gasteiger partial charge in [0.1, 0.15) is 0 Å². The second-order valence-electron chi connectivity index (χ2n) is 4.02. The van der Waals surface area contributed by atoms with Crippen LogP contribution in [0.15, 0.2) is 12.4 Å².